The summed E-state index contributed by atoms with van der Waals surface area (Å²) < 4.78 is 35.1. The van der Waals surface area contributed by atoms with Gasteiger partial charge in [-0.15, -0.1) is 0 Å². The number of benzene rings is 1. The molecule has 0 bridgehead atoms. The van der Waals surface area contributed by atoms with E-state index in [2.05, 4.69) is 30.7 Å². The van der Waals surface area contributed by atoms with Gasteiger partial charge in [-0.3, -0.25) is 4.79 Å². The van der Waals surface area contributed by atoms with Gasteiger partial charge in [-0.2, -0.15) is 4.31 Å². The summed E-state index contributed by atoms with van der Waals surface area (Å²) in [5.41, 5.74) is 1.57. The third-order valence-electron chi connectivity index (χ3n) is 6.30. The number of ether oxygens (including phenoxy) is 1. The number of sulfonamides is 1. The van der Waals surface area contributed by atoms with Crippen molar-refractivity contribution in [3.05, 3.63) is 24.0 Å². The number of nitrogens with zero attached hydrogens (tertiary/aromatic N) is 3. The van der Waals surface area contributed by atoms with E-state index in [1.165, 1.54) is 4.31 Å². The first kappa shape index (κ1) is 26.6. The van der Waals surface area contributed by atoms with Gasteiger partial charge in [-0.1, -0.05) is 27.2 Å². The van der Waals surface area contributed by atoms with Crippen LogP contribution >= 0.6 is 0 Å². The van der Waals surface area contributed by atoms with E-state index in [0.29, 0.717) is 50.6 Å². The molecule has 1 aliphatic rings. The Hall–Kier alpha value is -1.97. The van der Waals surface area contributed by atoms with Crippen LogP contribution in [0, 0.1) is 5.92 Å². The fourth-order valence-corrected chi connectivity index (χ4v) is 5.67. The molecule has 1 fully saturated rings. The van der Waals surface area contributed by atoms with Crippen molar-refractivity contribution >= 4 is 27.0 Å². The topological polar surface area (TPSA) is 93.5 Å². The summed E-state index contributed by atoms with van der Waals surface area (Å²) in [6.07, 6.45) is 4.97. The quantitative estimate of drug-likeness (QED) is 0.487. The van der Waals surface area contributed by atoms with Gasteiger partial charge in [0.1, 0.15) is 5.82 Å². The van der Waals surface area contributed by atoms with Crippen LogP contribution in [0.2, 0.25) is 0 Å². The Morgan fingerprint density at radius 1 is 1.18 bits per heavy atom. The third kappa shape index (κ3) is 6.79. The Balaban J connectivity index is 1.77. The normalized spacial score (nSPS) is 16.3. The number of carbonyl (C=O) groups is 1. The molecule has 2 heterocycles. The lowest BCUT2D eigenvalue weighted by Gasteiger charge is -2.26. The summed E-state index contributed by atoms with van der Waals surface area (Å²) in [6, 6.07) is 5.34. The van der Waals surface area contributed by atoms with E-state index < -0.39 is 10.0 Å². The number of aryl methyl sites for hydroxylation is 2. The van der Waals surface area contributed by atoms with Gasteiger partial charge >= 0.3 is 0 Å². The van der Waals surface area contributed by atoms with Crippen molar-refractivity contribution in [2.75, 3.05) is 26.3 Å². The van der Waals surface area contributed by atoms with Crippen LogP contribution in [0.25, 0.3) is 11.0 Å². The number of unbranched alkanes of at least 4 members (excludes halogenated alkanes) is 1. The molecule has 1 atom stereocenters. The number of amides is 1. The maximum atomic E-state index is 13.1. The van der Waals surface area contributed by atoms with Crippen molar-refractivity contribution in [3.63, 3.8) is 0 Å². The fraction of sp³-hybridized carbons (Fsp3) is 0.680. The minimum atomic E-state index is -3.59. The van der Waals surface area contributed by atoms with Crippen LogP contribution in [0.3, 0.4) is 0 Å². The zero-order valence-corrected chi connectivity index (χ0v) is 21.9. The van der Waals surface area contributed by atoms with Crippen LogP contribution in [-0.4, -0.2) is 60.5 Å². The standard InChI is InChI=1S/C25H40N4O4S/c1-5-6-13-29-23-10-9-21(34(31,32)28-14-16-33-17-15-28)18-22(23)27-24(29)11-12-25(30)26-20(4)8-7-19(2)3/h9-10,18-20H,5-8,11-17H2,1-4H3,(H,26,30). The molecule has 1 aliphatic heterocycles. The van der Waals surface area contributed by atoms with Gasteiger partial charge in [0.2, 0.25) is 15.9 Å². The Kier molecular flexibility index (Phi) is 9.50. The van der Waals surface area contributed by atoms with E-state index in [-0.39, 0.29) is 16.8 Å². The van der Waals surface area contributed by atoms with Crippen molar-refractivity contribution in [2.45, 2.75) is 83.7 Å². The third-order valence-corrected chi connectivity index (χ3v) is 8.20. The second-order valence-corrected chi connectivity index (χ2v) is 11.6. The number of hydrogen-bond acceptors (Lipinski definition) is 5. The monoisotopic (exact) mass is 492 g/mol. The molecule has 1 aromatic carbocycles. The van der Waals surface area contributed by atoms with Gasteiger partial charge < -0.3 is 14.6 Å². The molecule has 3 rings (SSSR count). The van der Waals surface area contributed by atoms with E-state index >= 15 is 0 Å². The molecular weight excluding hydrogens is 452 g/mol. The molecule has 0 radical (unpaired) electrons. The minimum absolute atomic E-state index is 0.0286. The lowest BCUT2D eigenvalue weighted by atomic mass is 10.0. The first-order valence-electron chi connectivity index (χ1n) is 12.6. The summed E-state index contributed by atoms with van der Waals surface area (Å²) >= 11 is 0. The summed E-state index contributed by atoms with van der Waals surface area (Å²) in [7, 11) is -3.59. The maximum Gasteiger partial charge on any atom is 0.243 e. The zero-order chi connectivity index (χ0) is 24.7. The second-order valence-electron chi connectivity index (χ2n) is 9.64. The van der Waals surface area contributed by atoms with Crippen molar-refractivity contribution in [1.29, 1.82) is 0 Å². The summed E-state index contributed by atoms with van der Waals surface area (Å²) in [6.45, 7) is 10.9. The first-order valence-corrected chi connectivity index (χ1v) is 14.0. The zero-order valence-electron chi connectivity index (χ0n) is 21.0. The average molecular weight is 493 g/mol. The van der Waals surface area contributed by atoms with Crippen molar-refractivity contribution in [3.8, 4) is 0 Å². The van der Waals surface area contributed by atoms with E-state index in [4.69, 9.17) is 9.72 Å². The van der Waals surface area contributed by atoms with E-state index in [1.54, 1.807) is 12.1 Å². The van der Waals surface area contributed by atoms with Gasteiger partial charge in [0.05, 0.1) is 29.1 Å². The second kappa shape index (κ2) is 12.1. The van der Waals surface area contributed by atoms with Crippen molar-refractivity contribution in [1.82, 2.24) is 19.2 Å². The number of aromatic nitrogens is 2. The Bertz CT molecular complexity index is 1060. The molecule has 0 spiro atoms. The number of imidazole rings is 1. The molecule has 1 aromatic heterocycles. The highest BCUT2D eigenvalue weighted by Gasteiger charge is 2.27. The Morgan fingerprint density at radius 2 is 1.91 bits per heavy atom. The van der Waals surface area contributed by atoms with Crippen LogP contribution in [0.1, 0.15) is 65.6 Å². The number of hydrogen-bond donors (Lipinski definition) is 1. The summed E-state index contributed by atoms with van der Waals surface area (Å²) in [5, 5.41) is 3.10. The molecule has 0 saturated carbocycles. The van der Waals surface area contributed by atoms with Crippen LogP contribution in [0.15, 0.2) is 23.1 Å². The van der Waals surface area contributed by atoms with Gasteiger partial charge in [0.25, 0.3) is 0 Å². The number of rotatable bonds is 12. The fourth-order valence-electron chi connectivity index (χ4n) is 4.24. The lowest BCUT2D eigenvalue weighted by molar-refractivity contribution is -0.121. The Labute approximate surface area is 204 Å². The molecule has 2 aromatic rings. The molecule has 8 nitrogen and oxygen atoms in total. The van der Waals surface area contributed by atoms with Gasteiger partial charge in [-0.25, -0.2) is 13.4 Å². The summed E-state index contributed by atoms with van der Waals surface area (Å²) in [5.74, 6) is 1.48. The highest BCUT2D eigenvalue weighted by atomic mass is 32.2. The van der Waals surface area contributed by atoms with E-state index in [9.17, 15) is 13.2 Å². The van der Waals surface area contributed by atoms with Crippen molar-refractivity contribution in [2.24, 2.45) is 5.92 Å². The lowest BCUT2D eigenvalue weighted by Crippen LogP contribution is -2.40. The minimum Gasteiger partial charge on any atom is -0.379 e. The van der Waals surface area contributed by atoms with Crippen LogP contribution in [0.4, 0.5) is 0 Å². The van der Waals surface area contributed by atoms with Crippen LogP contribution < -0.4 is 5.32 Å². The molecule has 1 saturated heterocycles. The number of morpholine rings is 1. The van der Waals surface area contributed by atoms with E-state index in [0.717, 1.165) is 43.6 Å². The van der Waals surface area contributed by atoms with Gasteiger partial charge in [0.15, 0.2) is 0 Å². The highest BCUT2D eigenvalue weighted by molar-refractivity contribution is 7.89. The SMILES string of the molecule is CCCCn1c(CCC(=O)NC(C)CCC(C)C)nc2cc(S(=O)(=O)N3CCOCC3)ccc21. The predicted molar refractivity (Wildman–Crippen MR) is 134 cm³/mol. The maximum absolute atomic E-state index is 13.1. The number of nitrogens with one attached hydrogen (secondary N) is 1. The van der Waals surface area contributed by atoms with Crippen LogP contribution in [0.5, 0.6) is 0 Å². The molecular formula is C25H40N4O4S. The average Bonchev–Trinajstić information content (AvgIpc) is 3.17. The molecule has 190 valence electrons. The van der Waals surface area contributed by atoms with Crippen molar-refractivity contribution < 1.29 is 17.9 Å². The van der Waals surface area contributed by atoms with Crippen LogP contribution in [-0.2, 0) is 32.5 Å². The molecule has 9 heteroatoms. The van der Waals surface area contributed by atoms with E-state index in [1.807, 2.05) is 13.0 Å². The molecule has 1 unspecified atom stereocenters. The van der Waals surface area contributed by atoms with Gasteiger partial charge in [0, 0.05) is 38.5 Å². The van der Waals surface area contributed by atoms with Gasteiger partial charge in [-0.05, 0) is 50.3 Å². The Morgan fingerprint density at radius 3 is 2.59 bits per heavy atom. The number of fused-ring (bicyclic) bond motifs is 1. The number of carbonyl (C=O) groups excluding carboxylic acids is 1. The first-order chi connectivity index (χ1) is 16.2. The molecule has 34 heavy (non-hydrogen) atoms. The highest BCUT2D eigenvalue weighted by Crippen LogP contribution is 2.24. The summed E-state index contributed by atoms with van der Waals surface area (Å²) in [4.78, 5) is 17.6. The largest absolute Gasteiger partial charge is 0.379 e. The molecule has 0 aliphatic carbocycles. The predicted octanol–water partition coefficient (Wildman–Crippen LogP) is 3.73. The smallest absolute Gasteiger partial charge is 0.243 e. The molecule has 1 N–H and O–H groups in total. The molecule has 1 amide bonds.